The number of hydrogen-bond acceptors (Lipinski definition) is 0. The van der Waals surface area contributed by atoms with Crippen LogP contribution in [0.25, 0.3) is 0 Å². The van der Waals surface area contributed by atoms with E-state index in [1.165, 1.54) is 24.8 Å². The highest BCUT2D eigenvalue weighted by atomic mass is 14.4. The van der Waals surface area contributed by atoms with E-state index in [4.69, 9.17) is 0 Å². The van der Waals surface area contributed by atoms with Crippen molar-refractivity contribution < 1.29 is 0 Å². The Morgan fingerprint density at radius 2 is 2.08 bits per heavy atom. The Morgan fingerprint density at radius 1 is 1.46 bits per heavy atom. The van der Waals surface area contributed by atoms with Crippen molar-refractivity contribution >= 4 is 0 Å². The van der Waals surface area contributed by atoms with Crippen LogP contribution in [0.2, 0.25) is 0 Å². The van der Waals surface area contributed by atoms with Crippen molar-refractivity contribution in [2.75, 3.05) is 0 Å². The van der Waals surface area contributed by atoms with E-state index in [-0.39, 0.29) is 0 Å². The highest BCUT2D eigenvalue weighted by molar-refractivity contribution is 5.00. The highest BCUT2D eigenvalue weighted by Crippen LogP contribution is 2.44. The van der Waals surface area contributed by atoms with Gasteiger partial charge in [0, 0.05) is 0 Å². The van der Waals surface area contributed by atoms with Gasteiger partial charge in [-0.15, -0.1) is 0 Å². The molecule has 1 fully saturated rings. The van der Waals surface area contributed by atoms with Crippen LogP contribution in [0, 0.1) is 23.7 Å². The van der Waals surface area contributed by atoms with E-state index >= 15 is 0 Å². The fourth-order valence-electron chi connectivity index (χ4n) is 3.00. The largest absolute Gasteiger partial charge is 0.0999 e. The molecule has 76 valence electrons. The van der Waals surface area contributed by atoms with Gasteiger partial charge in [-0.3, -0.25) is 0 Å². The summed E-state index contributed by atoms with van der Waals surface area (Å²) >= 11 is 0. The van der Waals surface area contributed by atoms with Crippen LogP contribution in [0.5, 0.6) is 0 Å². The van der Waals surface area contributed by atoms with Crippen LogP contribution in [0.4, 0.5) is 0 Å². The molecular weight excluding hydrogens is 156 g/mol. The van der Waals surface area contributed by atoms with Gasteiger partial charge in [0.2, 0.25) is 0 Å². The van der Waals surface area contributed by atoms with Crippen molar-refractivity contribution in [3.8, 4) is 0 Å². The molecule has 0 N–H and O–H groups in total. The molecule has 1 saturated carbocycles. The second kappa shape index (κ2) is 4.30. The van der Waals surface area contributed by atoms with Gasteiger partial charge < -0.3 is 0 Å². The zero-order chi connectivity index (χ0) is 10.0. The predicted molar refractivity (Wildman–Crippen MR) is 59.6 cm³/mol. The molecule has 1 rings (SSSR count). The summed E-state index contributed by atoms with van der Waals surface area (Å²) in [5, 5.41) is 0. The number of allylic oxidation sites excluding steroid dienone is 1. The van der Waals surface area contributed by atoms with Gasteiger partial charge >= 0.3 is 0 Å². The lowest BCUT2D eigenvalue weighted by Gasteiger charge is -2.27. The lowest BCUT2D eigenvalue weighted by molar-refractivity contribution is 0.263. The van der Waals surface area contributed by atoms with Crippen LogP contribution in [-0.2, 0) is 0 Å². The fraction of sp³-hybridized carbons (Fsp3) is 0.846. The van der Waals surface area contributed by atoms with Gasteiger partial charge in [0.1, 0.15) is 0 Å². The van der Waals surface area contributed by atoms with Gasteiger partial charge in [-0.1, -0.05) is 45.8 Å². The zero-order valence-corrected chi connectivity index (χ0v) is 9.64. The van der Waals surface area contributed by atoms with E-state index < -0.39 is 0 Å². The molecule has 0 aromatic carbocycles. The summed E-state index contributed by atoms with van der Waals surface area (Å²) in [4.78, 5) is 0. The molecule has 0 amide bonds. The molecule has 0 aliphatic heterocycles. The van der Waals surface area contributed by atoms with Crippen LogP contribution in [-0.4, -0.2) is 0 Å². The third kappa shape index (κ3) is 2.15. The first-order valence-electron chi connectivity index (χ1n) is 5.73. The maximum atomic E-state index is 4.09. The molecule has 1 aliphatic carbocycles. The maximum absolute atomic E-state index is 4.09. The number of hydrogen-bond donors (Lipinski definition) is 0. The summed E-state index contributed by atoms with van der Waals surface area (Å²) in [6.07, 6.45) is 4.21. The fourth-order valence-corrected chi connectivity index (χ4v) is 3.00. The quantitative estimate of drug-likeness (QED) is 0.569. The zero-order valence-electron chi connectivity index (χ0n) is 9.64. The van der Waals surface area contributed by atoms with Crippen molar-refractivity contribution in [1.29, 1.82) is 0 Å². The van der Waals surface area contributed by atoms with Gasteiger partial charge in [-0.05, 0) is 37.0 Å². The van der Waals surface area contributed by atoms with Crippen molar-refractivity contribution in [1.82, 2.24) is 0 Å². The molecule has 0 saturated heterocycles. The summed E-state index contributed by atoms with van der Waals surface area (Å²) in [6.45, 7) is 13.4. The smallest absolute Gasteiger partial charge is 0.0206 e. The monoisotopic (exact) mass is 180 g/mol. The lowest BCUT2D eigenvalue weighted by atomic mass is 9.78. The Balaban J connectivity index is 2.64. The van der Waals surface area contributed by atoms with Crippen molar-refractivity contribution in [3.05, 3.63) is 12.2 Å². The molecule has 0 radical (unpaired) electrons. The molecule has 1 aliphatic rings. The standard InChI is InChI=1S/C13H24/c1-6-12-10(4)7-8-13(12)11(5)9(2)3/h10-13H,2,6-8H2,1,3-5H3/t10-,11?,12+,13+/m1/s1. The minimum atomic E-state index is 0.731. The Kier molecular flexibility index (Phi) is 3.58. The molecule has 0 spiro atoms. The molecule has 1 unspecified atom stereocenters. The average molecular weight is 180 g/mol. The molecule has 0 heterocycles. The summed E-state index contributed by atoms with van der Waals surface area (Å²) in [6, 6.07) is 0. The minimum absolute atomic E-state index is 0.731. The van der Waals surface area contributed by atoms with E-state index in [1.807, 2.05) is 0 Å². The van der Waals surface area contributed by atoms with E-state index in [9.17, 15) is 0 Å². The van der Waals surface area contributed by atoms with Crippen molar-refractivity contribution in [2.45, 2.75) is 47.0 Å². The van der Waals surface area contributed by atoms with Gasteiger partial charge in [0.05, 0.1) is 0 Å². The van der Waals surface area contributed by atoms with Crippen LogP contribution < -0.4 is 0 Å². The third-order valence-corrected chi connectivity index (χ3v) is 4.13. The number of rotatable bonds is 3. The first-order valence-corrected chi connectivity index (χ1v) is 5.73. The van der Waals surface area contributed by atoms with E-state index in [0.717, 1.165) is 23.7 Å². The van der Waals surface area contributed by atoms with Gasteiger partial charge in [-0.2, -0.15) is 0 Å². The minimum Gasteiger partial charge on any atom is -0.0999 e. The van der Waals surface area contributed by atoms with E-state index in [1.54, 1.807) is 0 Å². The predicted octanol–water partition coefficient (Wildman–Crippen LogP) is 4.27. The molecular formula is C13H24. The van der Waals surface area contributed by atoms with E-state index in [2.05, 4.69) is 34.3 Å². The van der Waals surface area contributed by atoms with Crippen LogP contribution in [0.3, 0.4) is 0 Å². The molecule has 0 bridgehead atoms. The second-order valence-electron chi connectivity index (χ2n) is 4.93. The lowest BCUT2D eigenvalue weighted by Crippen LogP contribution is -2.19. The topological polar surface area (TPSA) is 0 Å². The summed E-state index contributed by atoms with van der Waals surface area (Å²) in [5.41, 5.74) is 1.37. The Labute approximate surface area is 83.4 Å². The summed E-state index contributed by atoms with van der Waals surface area (Å²) in [5.74, 6) is 3.54. The second-order valence-corrected chi connectivity index (χ2v) is 4.93. The summed E-state index contributed by atoms with van der Waals surface area (Å²) in [7, 11) is 0. The van der Waals surface area contributed by atoms with Gasteiger partial charge in [-0.25, -0.2) is 0 Å². The Morgan fingerprint density at radius 3 is 2.54 bits per heavy atom. The SMILES string of the molecule is C=C(C)C(C)[C@@H]1CC[C@@H](C)[C@@H]1CC. The normalized spacial score (nSPS) is 36.2. The van der Waals surface area contributed by atoms with Crippen LogP contribution in [0.15, 0.2) is 12.2 Å². The third-order valence-electron chi connectivity index (χ3n) is 4.13. The highest BCUT2D eigenvalue weighted by Gasteiger charge is 2.35. The van der Waals surface area contributed by atoms with Crippen LogP contribution >= 0.6 is 0 Å². The Bertz CT molecular complexity index is 180. The van der Waals surface area contributed by atoms with Gasteiger partial charge in [0.15, 0.2) is 0 Å². The molecule has 0 nitrogen and oxygen atoms in total. The molecule has 13 heavy (non-hydrogen) atoms. The first-order chi connectivity index (χ1) is 6.07. The van der Waals surface area contributed by atoms with E-state index in [0.29, 0.717) is 0 Å². The molecule has 0 heteroatoms. The van der Waals surface area contributed by atoms with Crippen molar-refractivity contribution in [3.63, 3.8) is 0 Å². The average Bonchev–Trinajstić information content (AvgIpc) is 2.45. The maximum Gasteiger partial charge on any atom is -0.0206 e. The Hall–Kier alpha value is -0.260. The molecule has 4 atom stereocenters. The summed E-state index contributed by atoms with van der Waals surface area (Å²) < 4.78 is 0. The van der Waals surface area contributed by atoms with Crippen molar-refractivity contribution in [2.24, 2.45) is 23.7 Å². The molecule has 0 aromatic rings. The molecule has 0 aromatic heterocycles. The van der Waals surface area contributed by atoms with Gasteiger partial charge in [0.25, 0.3) is 0 Å². The van der Waals surface area contributed by atoms with Crippen LogP contribution in [0.1, 0.15) is 47.0 Å². The first kappa shape index (κ1) is 10.8.